The molecule has 0 bridgehead atoms. The molecule has 0 atom stereocenters. The Labute approximate surface area is 204 Å². The van der Waals surface area contributed by atoms with Crippen LogP contribution in [0, 0.1) is 6.92 Å². The van der Waals surface area contributed by atoms with E-state index in [1.54, 1.807) is 29.2 Å². The Morgan fingerprint density at radius 3 is 2.33 bits per heavy atom. The van der Waals surface area contributed by atoms with Crippen molar-refractivity contribution < 1.29 is 13.2 Å². The number of para-hydroxylation sites is 1. The van der Waals surface area contributed by atoms with Crippen molar-refractivity contribution in [3.63, 3.8) is 0 Å². The van der Waals surface area contributed by atoms with Crippen LogP contribution in [0.5, 0.6) is 0 Å². The third-order valence-electron chi connectivity index (χ3n) is 5.73. The molecule has 170 valence electrons. The summed E-state index contributed by atoms with van der Waals surface area (Å²) in [5, 5.41) is 5.59. The maximum Gasteiger partial charge on any atom is 0.264 e. The fraction of sp³-hybridized carbons (Fsp3) is 0.217. The van der Waals surface area contributed by atoms with Gasteiger partial charge in [-0.05, 0) is 49.4 Å². The second-order valence-corrected chi connectivity index (χ2v) is 11.7. The quantitative estimate of drug-likeness (QED) is 0.383. The average molecular weight is 545 g/mol. The summed E-state index contributed by atoms with van der Waals surface area (Å²) >= 11 is 4.75. The molecule has 0 saturated carbocycles. The molecule has 1 saturated heterocycles. The van der Waals surface area contributed by atoms with E-state index in [1.165, 1.54) is 15.6 Å². The van der Waals surface area contributed by atoms with Gasteiger partial charge < -0.3 is 4.90 Å². The number of amides is 1. The van der Waals surface area contributed by atoms with Gasteiger partial charge in [0.25, 0.3) is 5.91 Å². The van der Waals surface area contributed by atoms with Crippen LogP contribution in [-0.4, -0.2) is 59.5 Å². The first-order valence-electron chi connectivity index (χ1n) is 10.4. The summed E-state index contributed by atoms with van der Waals surface area (Å²) < 4.78 is 30.0. The molecule has 2 aromatic heterocycles. The van der Waals surface area contributed by atoms with E-state index < -0.39 is 10.0 Å². The van der Waals surface area contributed by atoms with Gasteiger partial charge in [0.05, 0.1) is 21.2 Å². The molecule has 33 heavy (non-hydrogen) atoms. The maximum atomic E-state index is 13.2. The van der Waals surface area contributed by atoms with Crippen LogP contribution in [0.15, 0.2) is 70.0 Å². The molecule has 0 spiro atoms. The summed E-state index contributed by atoms with van der Waals surface area (Å²) in [7, 11) is -3.58. The molecule has 2 aromatic carbocycles. The highest BCUT2D eigenvalue weighted by Gasteiger charge is 2.31. The molecule has 1 fully saturated rings. The van der Waals surface area contributed by atoms with E-state index in [1.807, 2.05) is 48.0 Å². The highest BCUT2D eigenvalue weighted by molar-refractivity contribution is 9.10. The topological polar surface area (TPSA) is 75.5 Å². The normalized spacial score (nSPS) is 15.3. The van der Waals surface area contributed by atoms with E-state index >= 15 is 0 Å². The van der Waals surface area contributed by atoms with Gasteiger partial charge in [0.2, 0.25) is 10.0 Å². The lowest BCUT2D eigenvalue weighted by Gasteiger charge is -2.33. The predicted octanol–water partition coefficient (Wildman–Crippen LogP) is 4.30. The van der Waals surface area contributed by atoms with E-state index in [2.05, 4.69) is 21.0 Å². The molecule has 5 rings (SSSR count). The second-order valence-electron chi connectivity index (χ2n) is 7.81. The summed E-state index contributed by atoms with van der Waals surface area (Å²) in [6.07, 6.45) is 0. The third kappa shape index (κ3) is 4.12. The fourth-order valence-corrected chi connectivity index (χ4v) is 6.78. The molecule has 0 radical (unpaired) electrons. The first kappa shape index (κ1) is 22.3. The van der Waals surface area contributed by atoms with Crippen LogP contribution in [-0.2, 0) is 10.0 Å². The molecule has 10 heteroatoms. The van der Waals surface area contributed by atoms with Gasteiger partial charge in [-0.3, -0.25) is 4.79 Å². The average Bonchev–Trinajstić information content (AvgIpc) is 3.40. The molecule has 1 amide bonds. The first-order chi connectivity index (χ1) is 15.8. The van der Waals surface area contributed by atoms with Gasteiger partial charge in [-0.25, -0.2) is 13.1 Å². The van der Waals surface area contributed by atoms with Gasteiger partial charge in [-0.15, -0.1) is 11.3 Å². The zero-order valence-electron chi connectivity index (χ0n) is 17.8. The van der Waals surface area contributed by atoms with E-state index in [0.717, 1.165) is 26.1 Å². The SMILES string of the molecule is Cc1nn(-c2ccccc2)c2sc(C(=O)N3CCN(S(=O)(=O)c4ccc(Br)cc4)CC3)cc12. The molecule has 4 aromatic rings. The highest BCUT2D eigenvalue weighted by Crippen LogP contribution is 2.31. The molecule has 1 aliphatic rings. The van der Waals surface area contributed by atoms with Gasteiger partial charge in [-0.2, -0.15) is 9.40 Å². The van der Waals surface area contributed by atoms with Crippen LogP contribution in [0.4, 0.5) is 0 Å². The first-order valence-corrected chi connectivity index (χ1v) is 13.5. The van der Waals surface area contributed by atoms with Crippen molar-refractivity contribution in [1.82, 2.24) is 19.0 Å². The monoisotopic (exact) mass is 544 g/mol. The number of piperazine rings is 1. The molecule has 1 aliphatic heterocycles. The molecular weight excluding hydrogens is 524 g/mol. The Hall–Kier alpha value is -2.53. The summed E-state index contributed by atoms with van der Waals surface area (Å²) in [5.74, 6) is -0.0732. The highest BCUT2D eigenvalue weighted by atomic mass is 79.9. The summed E-state index contributed by atoms with van der Waals surface area (Å²) in [4.78, 5) is 16.8. The fourth-order valence-electron chi connectivity index (χ4n) is 3.94. The number of fused-ring (bicyclic) bond motifs is 1. The molecule has 7 nitrogen and oxygen atoms in total. The number of carbonyl (C=O) groups is 1. The standard InChI is InChI=1S/C23H21BrN4O3S2/c1-16-20-15-21(32-23(20)28(25-16)18-5-3-2-4-6-18)22(29)26-11-13-27(14-12-26)33(30,31)19-9-7-17(24)8-10-19/h2-10,15H,11-14H2,1H3. The minimum Gasteiger partial charge on any atom is -0.335 e. The molecule has 0 N–H and O–H groups in total. The Morgan fingerprint density at radius 1 is 1.00 bits per heavy atom. The van der Waals surface area contributed by atoms with E-state index in [0.29, 0.717) is 18.0 Å². The van der Waals surface area contributed by atoms with Crippen LogP contribution in [0.1, 0.15) is 15.4 Å². The van der Waals surface area contributed by atoms with Crippen molar-refractivity contribution >= 4 is 53.4 Å². The predicted molar refractivity (Wildman–Crippen MR) is 132 cm³/mol. The van der Waals surface area contributed by atoms with Crippen LogP contribution < -0.4 is 0 Å². The lowest BCUT2D eigenvalue weighted by Crippen LogP contribution is -2.50. The lowest BCUT2D eigenvalue weighted by molar-refractivity contribution is 0.0703. The number of rotatable bonds is 4. The summed E-state index contributed by atoms with van der Waals surface area (Å²) in [6.45, 7) is 3.19. The van der Waals surface area contributed by atoms with Crippen molar-refractivity contribution in [2.45, 2.75) is 11.8 Å². The lowest BCUT2D eigenvalue weighted by atomic mass is 10.2. The van der Waals surface area contributed by atoms with Gasteiger partial charge in [0.15, 0.2) is 0 Å². The Bertz CT molecular complexity index is 1420. The third-order valence-corrected chi connectivity index (χ3v) is 9.27. The largest absolute Gasteiger partial charge is 0.335 e. The smallest absolute Gasteiger partial charge is 0.264 e. The number of hydrogen-bond donors (Lipinski definition) is 0. The van der Waals surface area contributed by atoms with E-state index in [-0.39, 0.29) is 23.9 Å². The van der Waals surface area contributed by atoms with Crippen molar-refractivity contribution in [2.75, 3.05) is 26.2 Å². The van der Waals surface area contributed by atoms with E-state index in [9.17, 15) is 13.2 Å². The molecular formula is C23H21BrN4O3S2. The van der Waals surface area contributed by atoms with Crippen LogP contribution in [0.3, 0.4) is 0 Å². The van der Waals surface area contributed by atoms with Gasteiger partial charge in [0.1, 0.15) is 4.83 Å². The summed E-state index contributed by atoms with van der Waals surface area (Å²) in [5.41, 5.74) is 1.82. The van der Waals surface area contributed by atoms with Crippen molar-refractivity contribution in [1.29, 1.82) is 0 Å². The number of benzene rings is 2. The number of aromatic nitrogens is 2. The number of halogens is 1. The number of aryl methyl sites for hydroxylation is 1. The van der Waals surface area contributed by atoms with Crippen molar-refractivity contribution in [2.24, 2.45) is 0 Å². The van der Waals surface area contributed by atoms with Crippen LogP contribution >= 0.6 is 27.3 Å². The Morgan fingerprint density at radius 2 is 1.67 bits per heavy atom. The Balaban J connectivity index is 1.34. The Kier molecular flexibility index (Phi) is 5.86. The minimum absolute atomic E-state index is 0.0732. The van der Waals surface area contributed by atoms with E-state index in [4.69, 9.17) is 0 Å². The zero-order valence-corrected chi connectivity index (χ0v) is 21.0. The van der Waals surface area contributed by atoms with Gasteiger partial charge >= 0.3 is 0 Å². The van der Waals surface area contributed by atoms with Gasteiger partial charge in [0, 0.05) is 36.0 Å². The number of carbonyl (C=O) groups excluding carboxylic acids is 1. The number of nitrogens with zero attached hydrogens (tertiary/aromatic N) is 4. The van der Waals surface area contributed by atoms with Crippen molar-refractivity contribution in [3.8, 4) is 5.69 Å². The van der Waals surface area contributed by atoms with Gasteiger partial charge in [-0.1, -0.05) is 34.1 Å². The number of thiophene rings is 1. The maximum absolute atomic E-state index is 13.2. The molecule has 0 unspecified atom stereocenters. The minimum atomic E-state index is -3.58. The molecule has 3 heterocycles. The number of sulfonamides is 1. The second kappa shape index (κ2) is 8.68. The summed E-state index contributed by atoms with van der Waals surface area (Å²) in [6, 6.07) is 18.3. The van der Waals surface area contributed by atoms with Crippen LogP contribution in [0.2, 0.25) is 0 Å². The number of hydrogen-bond acceptors (Lipinski definition) is 5. The molecule has 0 aliphatic carbocycles. The van der Waals surface area contributed by atoms with Crippen molar-refractivity contribution in [3.05, 3.63) is 75.7 Å². The zero-order chi connectivity index (χ0) is 23.2. The van der Waals surface area contributed by atoms with Crippen LogP contribution in [0.25, 0.3) is 15.9 Å².